The number of carbonyl (C=O) groups is 4. The van der Waals surface area contributed by atoms with E-state index in [9.17, 15) is 24.3 Å². The van der Waals surface area contributed by atoms with Crippen molar-refractivity contribution >= 4 is 40.9 Å². The summed E-state index contributed by atoms with van der Waals surface area (Å²) >= 11 is 0. The minimum atomic E-state index is -0.966. The highest BCUT2D eigenvalue weighted by atomic mass is 16.5. The van der Waals surface area contributed by atoms with Crippen LogP contribution in [0.15, 0.2) is 72.8 Å². The summed E-state index contributed by atoms with van der Waals surface area (Å²) in [6.07, 6.45) is 5.39. The van der Waals surface area contributed by atoms with Gasteiger partial charge in [0.25, 0.3) is 5.91 Å². The molecule has 1 atom stereocenters. The molecular formula is C35H42N4O6. The lowest BCUT2D eigenvalue weighted by Crippen LogP contribution is -2.44. The molecule has 238 valence electrons. The maximum Gasteiger partial charge on any atom is 0.319 e. The number of hydrogen-bond donors (Lipinski definition) is 3. The molecule has 0 heterocycles. The Morgan fingerprint density at radius 2 is 1.67 bits per heavy atom. The minimum absolute atomic E-state index is 0.215. The molecule has 0 radical (unpaired) electrons. The summed E-state index contributed by atoms with van der Waals surface area (Å²) in [4.78, 5) is 54.0. The summed E-state index contributed by atoms with van der Waals surface area (Å²) in [5.74, 6) is -1.54. The first kappa shape index (κ1) is 33.0. The number of urea groups is 1. The second-order valence-corrected chi connectivity index (χ2v) is 11.5. The maximum atomic E-state index is 13.7. The van der Waals surface area contributed by atoms with Crippen molar-refractivity contribution in [1.82, 2.24) is 5.32 Å². The molecule has 0 aromatic heterocycles. The van der Waals surface area contributed by atoms with Crippen LogP contribution in [0.1, 0.15) is 56.1 Å². The lowest BCUT2D eigenvalue weighted by Gasteiger charge is -2.31. The summed E-state index contributed by atoms with van der Waals surface area (Å²) in [7, 11) is 1.70. The van der Waals surface area contributed by atoms with Gasteiger partial charge >= 0.3 is 12.0 Å². The van der Waals surface area contributed by atoms with Gasteiger partial charge in [0.1, 0.15) is 5.75 Å². The fourth-order valence-corrected chi connectivity index (χ4v) is 5.44. The number of para-hydroxylation sites is 2. The van der Waals surface area contributed by atoms with Crippen molar-refractivity contribution in [3.63, 3.8) is 0 Å². The largest absolute Gasteiger partial charge is 0.482 e. The van der Waals surface area contributed by atoms with Gasteiger partial charge in [-0.1, -0.05) is 55.7 Å². The van der Waals surface area contributed by atoms with Gasteiger partial charge in [0.15, 0.2) is 6.61 Å². The van der Waals surface area contributed by atoms with Gasteiger partial charge in [-0.3, -0.25) is 14.4 Å². The van der Waals surface area contributed by atoms with Crippen LogP contribution in [0.4, 0.5) is 21.9 Å². The van der Waals surface area contributed by atoms with Gasteiger partial charge in [-0.05, 0) is 80.1 Å². The van der Waals surface area contributed by atoms with Crippen LogP contribution in [-0.2, 0) is 14.4 Å². The second-order valence-electron chi connectivity index (χ2n) is 11.5. The first-order chi connectivity index (χ1) is 21.6. The topological polar surface area (TPSA) is 128 Å². The van der Waals surface area contributed by atoms with Crippen molar-refractivity contribution in [3.05, 3.63) is 83.9 Å². The Morgan fingerprint density at radius 3 is 2.40 bits per heavy atom. The average molecular weight is 615 g/mol. The van der Waals surface area contributed by atoms with E-state index in [4.69, 9.17) is 4.74 Å². The smallest absolute Gasteiger partial charge is 0.319 e. The first-order valence-electron chi connectivity index (χ1n) is 15.4. The first-order valence-corrected chi connectivity index (χ1v) is 15.4. The van der Waals surface area contributed by atoms with Crippen LogP contribution in [0.3, 0.4) is 0 Å². The van der Waals surface area contributed by atoms with Gasteiger partial charge in [0.05, 0.1) is 18.2 Å². The zero-order valence-corrected chi connectivity index (χ0v) is 26.1. The van der Waals surface area contributed by atoms with Crippen LogP contribution < -0.4 is 25.2 Å². The van der Waals surface area contributed by atoms with Crippen LogP contribution in [0, 0.1) is 12.8 Å². The number of nitrogens with one attached hydrogen (secondary N) is 2. The van der Waals surface area contributed by atoms with Crippen molar-refractivity contribution in [1.29, 1.82) is 0 Å². The Hall–Kier alpha value is -4.86. The molecule has 3 aromatic rings. The number of nitrogens with zero attached hydrogens (tertiary/aromatic N) is 2. The van der Waals surface area contributed by atoms with Gasteiger partial charge in [-0.25, -0.2) is 4.79 Å². The average Bonchev–Trinajstić information content (AvgIpc) is 3.05. The van der Waals surface area contributed by atoms with E-state index < -0.39 is 17.9 Å². The molecule has 0 saturated heterocycles. The molecular weight excluding hydrogens is 572 g/mol. The van der Waals surface area contributed by atoms with E-state index in [-0.39, 0.29) is 25.0 Å². The number of rotatable bonds is 12. The number of anilines is 3. The molecule has 1 fully saturated rings. The number of hydrogen-bond acceptors (Lipinski definition) is 5. The van der Waals surface area contributed by atoms with E-state index in [1.807, 2.05) is 37.3 Å². The second kappa shape index (κ2) is 15.7. The predicted molar refractivity (Wildman–Crippen MR) is 175 cm³/mol. The number of carbonyl (C=O) groups excluding carboxylic acids is 3. The van der Waals surface area contributed by atoms with Crippen molar-refractivity contribution in [2.24, 2.45) is 5.92 Å². The van der Waals surface area contributed by atoms with Crippen molar-refractivity contribution < 1.29 is 29.0 Å². The summed E-state index contributed by atoms with van der Waals surface area (Å²) in [6.45, 7) is 3.52. The highest BCUT2D eigenvalue weighted by molar-refractivity contribution is 6.00. The summed E-state index contributed by atoms with van der Waals surface area (Å²) in [6, 6.07) is 20.8. The minimum Gasteiger partial charge on any atom is -0.482 e. The third-order valence-corrected chi connectivity index (χ3v) is 8.15. The normalized spacial score (nSPS) is 13.8. The van der Waals surface area contributed by atoms with Crippen LogP contribution in [0.2, 0.25) is 0 Å². The number of aryl methyl sites for hydroxylation is 1. The van der Waals surface area contributed by atoms with Crippen LogP contribution >= 0.6 is 0 Å². The number of benzene rings is 3. The van der Waals surface area contributed by atoms with Gasteiger partial charge in [-0.15, -0.1) is 0 Å². The van der Waals surface area contributed by atoms with Crippen LogP contribution in [0.25, 0.3) is 0 Å². The molecule has 3 N–H and O–H groups in total. The molecule has 3 aromatic carbocycles. The zero-order valence-electron chi connectivity index (χ0n) is 26.1. The van der Waals surface area contributed by atoms with E-state index in [0.717, 1.165) is 36.9 Å². The Morgan fingerprint density at radius 1 is 0.933 bits per heavy atom. The molecule has 0 aliphatic heterocycles. The lowest BCUT2D eigenvalue weighted by molar-refractivity contribution is -0.138. The van der Waals surface area contributed by atoms with E-state index in [1.54, 1.807) is 66.2 Å². The summed E-state index contributed by atoms with van der Waals surface area (Å²) < 4.78 is 6.02. The Bertz CT molecular complexity index is 1500. The van der Waals surface area contributed by atoms with Gasteiger partial charge < -0.3 is 30.3 Å². The van der Waals surface area contributed by atoms with Crippen molar-refractivity contribution in [2.45, 2.75) is 51.9 Å². The fraction of sp³-hybridized carbons (Fsp3) is 0.371. The fourth-order valence-electron chi connectivity index (χ4n) is 5.44. The van der Waals surface area contributed by atoms with E-state index >= 15 is 0 Å². The van der Waals surface area contributed by atoms with Crippen LogP contribution in [0.5, 0.6) is 5.75 Å². The number of carboxylic acid groups (broad SMARTS) is 1. The highest BCUT2D eigenvalue weighted by Gasteiger charge is 2.25. The summed E-state index contributed by atoms with van der Waals surface area (Å²) in [5, 5.41) is 14.6. The van der Waals surface area contributed by atoms with E-state index in [1.165, 1.54) is 6.42 Å². The standard InChI is InChI=1S/C35H42N4O6/c1-24-11-9-16-29(19-24)38(3)33(41)23-45-31-18-8-7-17-30(31)39(22-26-12-5-4-6-13-26)32(40)21-36-35(44)37-28-15-10-14-27(20-28)25(2)34(42)43/h7-11,14-20,25-26H,4-6,12-13,21-23H2,1-3H3,(H,42,43)(H2,36,37,44). The van der Waals surface area contributed by atoms with E-state index in [2.05, 4.69) is 10.6 Å². The molecule has 1 aliphatic carbocycles. The third-order valence-electron chi connectivity index (χ3n) is 8.15. The maximum absolute atomic E-state index is 13.7. The molecule has 1 aliphatic rings. The van der Waals surface area contributed by atoms with E-state index in [0.29, 0.717) is 35.2 Å². The number of likely N-dealkylation sites (N-methyl/N-ethyl adjacent to an activating group) is 1. The van der Waals surface area contributed by atoms with Crippen molar-refractivity contribution in [2.75, 3.05) is 41.9 Å². The number of aliphatic carboxylic acids is 1. The Kier molecular flexibility index (Phi) is 11.6. The predicted octanol–water partition coefficient (Wildman–Crippen LogP) is 5.96. The number of amides is 4. The zero-order chi connectivity index (χ0) is 32.3. The highest BCUT2D eigenvalue weighted by Crippen LogP contribution is 2.32. The van der Waals surface area contributed by atoms with Gasteiger partial charge in [0, 0.05) is 25.0 Å². The Balaban J connectivity index is 1.45. The number of ether oxygens (including phenoxy) is 1. The molecule has 10 nitrogen and oxygen atoms in total. The third kappa shape index (κ3) is 9.31. The lowest BCUT2D eigenvalue weighted by atomic mass is 9.89. The molecule has 4 rings (SSSR count). The van der Waals surface area contributed by atoms with Crippen molar-refractivity contribution in [3.8, 4) is 5.75 Å². The molecule has 45 heavy (non-hydrogen) atoms. The Labute approximate surface area is 264 Å². The van der Waals surface area contributed by atoms with Gasteiger partial charge in [-0.2, -0.15) is 0 Å². The monoisotopic (exact) mass is 614 g/mol. The SMILES string of the molecule is Cc1cccc(N(C)C(=O)COc2ccccc2N(CC2CCCCC2)C(=O)CNC(=O)Nc2cccc(C(C)C(=O)O)c2)c1. The molecule has 4 amide bonds. The summed E-state index contributed by atoms with van der Waals surface area (Å²) in [5.41, 5.74) is 3.31. The quantitative estimate of drug-likeness (QED) is 0.231. The molecule has 10 heteroatoms. The molecule has 0 bridgehead atoms. The molecule has 1 unspecified atom stereocenters. The molecule has 0 spiro atoms. The number of carboxylic acids is 1. The van der Waals surface area contributed by atoms with Gasteiger partial charge in [0.2, 0.25) is 5.91 Å². The molecule has 1 saturated carbocycles. The van der Waals surface area contributed by atoms with Crippen LogP contribution in [-0.4, -0.2) is 55.7 Å².